The molecule has 1 aromatic carbocycles. The predicted octanol–water partition coefficient (Wildman–Crippen LogP) is 8.87. The van der Waals surface area contributed by atoms with E-state index in [1.54, 1.807) is 0 Å². The molecular formula is C27H42F2. The van der Waals surface area contributed by atoms with Crippen molar-refractivity contribution >= 4 is 0 Å². The van der Waals surface area contributed by atoms with Gasteiger partial charge in [0.05, 0.1) is 0 Å². The van der Waals surface area contributed by atoms with Crippen molar-refractivity contribution in [3.63, 3.8) is 0 Å². The van der Waals surface area contributed by atoms with Crippen LogP contribution in [0.15, 0.2) is 18.2 Å². The Bertz CT molecular complexity index is 560. The lowest BCUT2D eigenvalue weighted by Gasteiger charge is -2.30. The van der Waals surface area contributed by atoms with Crippen LogP contribution in [0.3, 0.4) is 0 Å². The third-order valence-electron chi connectivity index (χ3n) is 7.87. The highest BCUT2D eigenvalue weighted by molar-refractivity contribution is 5.18. The van der Waals surface area contributed by atoms with Crippen LogP contribution in [0.25, 0.3) is 0 Å². The molecule has 0 radical (unpaired) electrons. The van der Waals surface area contributed by atoms with Gasteiger partial charge in [0.2, 0.25) is 0 Å². The molecule has 0 aliphatic heterocycles. The molecule has 164 valence electrons. The number of rotatable bonds is 10. The summed E-state index contributed by atoms with van der Waals surface area (Å²) >= 11 is 0. The lowest BCUT2D eigenvalue weighted by Crippen LogP contribution is -2.16. The Morgan fingerprint density at radius 2 is 1.03 bits per heavy atom. The highest BCUT2D eigenvalue weighted by atomic mass is 19.1. The van der Waals surface area contributed by atoms with E-state index >= 15 is 0 Å². The van der Waals surface area contributed by atoms with Crippen LogP contribution in [0.1, 0.15) is 109 Å². The summed E-state index contributed by atoms with van der Waals surface area (Å²) in [5, 5.41) is 0. The minimum absolute atomic E-state index is 0.447. The quantitative estimate of drug-likeness (QED) is 0.342. The Balaban J connectivity index is 1.23. The van der Waals surface area contributed by atoms with Crippen LogP contribution < -0.4 is 0 Å². The lowest BCUT2D eigenvalue weighted by molar-refractivity contribution is 0.233. The van der Waals surface area contributed by atoms with E-state index < -0.39 is 11.6 Å². The third kappa shape index (κ3) is 8.02. The van der Waals surface area contributed by atoms with Gasteiger partial charge in [0, 0.05) is 6.07 Å². The van der Waals surface area contributed by atoms with Crippen LogP contribution in [-0.2, 0) is 6.42 Å². The first kappa shape index (κ1) is 22.8. The first-order valence-corrected chi connectivity index (χ1v) is 12.6. The van der Waals surface area contributed by atoms with Gasteiger partial charge in [0.1, 0.15) is 11.6 Å². The third-order valence-corrected chi connectivity index (χ3v) is 7.87. The average Bonchev–Trinajstić information content (AvgIpc) is 2.71. The van der Waals surface area contributed by atoms with E-state index in [1.807, 2.05) is 0 Å². The molecule has 3 rings (SSSR count). The second-order valence-electron chi connectivity index (χ2n) is 10.2. The van der Waals surface area contributed by atoms with Crippen molar-refractivity contribution in [2.24, 2.45) is 23.7 Å². The number of unbranched alkanes of at least 4 members (excludes halogenated alkanes) is 1. The Labute approximate surface area is 177 Å². The van der Waals surface area contributed by atoms with Gasteiger partial charge in [-0.15, -0.1) is 0 Å². The van der Waals surface area contributed by atoms with E-state index in [-0.39, 0.29) is 0 Å². The number of aryl methyl sites for hydroxylation is 1. The van der Waals surface area contributed by atoms with E-state index in [1.165, 1.54) is 102 Å². The van der Waals surface area contributed by atoms with Crippen LogP contribution in [0.2, 0.25) is 0 Å². The monoisotopic (exact) mass is 404 g/mol. The van der Waals surface area contributed by atoms with Crippen molar-refractivity contribution in [3.8, 4) is 0 Å². The molecule has 2 aliphatic rings. The summed E-state index contributed by atoms with van der Waals surface area (Å²) in [5.41, 5.74) is 0.813. The molecule has 0 N–H and O–H groups in total. The van der Waals surface area contributed by atoms with Crippen molar-refractivity contribution in [1.82, 2.24) is 0 Å². The van der Waals surface area contributed by atoms with Gasteiger partial charge < -0.3 is 0 Å². The average molecular weight is 405 g/mol. The first-order valence-electron chi connectivity index (χ1n) is 12.6. The minimum Gasteiger partial charge on any atom is -0.207 e. The molecule has 0 nitrogen and oxygen atoms in total. The molecule has 2 fully saturated rings. The molecular weight excluding hydrogens is 362 g/mol. The molecule has 0 amide bonds. The van der Waals surface area contributed by atoms with Crippen LogP contribution in [0, 0.1) is 35.3 Å². The van der Waals surface area contributed by atoms with Gasteiger partial charge in [0.25, 0.3) is 0 Å². The van der Waals surface area contributed by atoms with Crippen molar-refractivity contribution in [2.75, 3.05) is 0 Å². The molecule has 0 heterocycles. The summed E-state index contributed by atoms with van der Waals surface area (Å²) in [6, 6.07) is 3.95. The maximum absolute atomic E-state index is 13.3. The second-order valence-corrected chi connectivity index (χ2v) is 10.2. The molecule has 2 saturated carbocycles. The maximum atomic E-state index is 13.3. The van der Waals surface area contributed by atoms with Crippen molar-refractivity contribution in [1.29, 1.82) is 0 Å². The Hall–Kier alpha value is -0.920. The van der Waals surface area contributed by atoms with Crippen LogP contribution in [-0.4, -0.2) is 0 Å². The zero-order chi connectivity index (χ0) is 20.5. The number of benzene rings is 1. The summed E-state index contributed by atoms with van der Waals surface area (Å²) in [5.74, 6) is 2.84. The summed E-state index contributed by atoms with van der Waals surface area (Å²) in [7, 11) is 0. The molecule has 1 aromatic rings. The van der Waals surface area contributed by atoms with E-state index in [2.05, 4.69) is 6.92 Å². The molecule has 2 heteroatoms. The summed E-state index contributed by atoms with van der Waals surface area (Å²) in [6.07, 6.45) is 21.8. The summed E-state index contributed by atoms with van der Waals surface area (Å²) in [6.45, 7) is 2.32. The van der Waals surface area contributed by atoms with Crippen molar-refractivity contribution in [2.45, 2.75) is 110 Å². The van der Waals surface area contributed by atoms with Gasteiger partial charge >= 0.3 is 0 Å². The Morgan fingerprint density at radius 1 is 0.621 bits per heavy atom. The van der Waals surface area contributed by atoms with Gasteiger partial charge in [-0.3, -0.25) is 0 Å². The van der Waals surface area contributed by atoms with Gasteiger partial charge in [-0.05, 0) is 54.2 Å². The zero-order valence-corrected chi connectivity index (χ0v) is 18.6. The molecule has 0 atom stereocenters. The first-order chi connectivity index (χ1) is 14.1. The molecule has 2 aliphatic carbocycles. The SMILES string of the molecule is CCC[C@H]1CC[C@H](CCCCC2CCC(CCc3cc(F)cc(F)c3)CC2)CC1. The highest BCUT2D eigenvalue weighted by Gasteiger charge is 2.22. The molecule has 29 heavy (non-hydrogen) atoms. The normalized spacial score (nSPS) is 27.8. The van der Waals surface area contributed by atoms with Crippen molar-refractivity contribution < 1.29 is 8.78 Å². The lowest BCUT2D eigenvalue weighted by atomic mass is 9.76. The fourth-order valence-corrected chi connectivity index (χ4v) is 6.02. The standard InChI is InChI=1S/C27H42F2/c1-2-5-21-8-10-22(11-9-21)6-3-4-7-23-12-14-24(15-13-23)16-17-25-18-26(28)20-27(29)19-25/h18-24H,2-17H2,1H3/t21-,22-,23?,24?. The Morgan fingerprint density at radius 3 is 1.48 bits per heavy atom. The van der Waals surface area contributed by atoms with Gasteiger partial charge in [-0.25, -0.2) is 8.78 Å². The van der Waals surface area contributed by atoms with Gasteiger partial charge in [-0.2, -0.15) is 0 Å². The van der Waals surface area contributed by atoms with Gasteiger partial charge in [-0.1, -0.05) is 96.8 Å². The number of hydrogen-bond donors (Lipinski definition) is 0. The topological polar surface area (TPSA) is 0 Å². The fourth-order valence-electron chi connectivity index (χ4n) is 6.02. The molecule has 0 bridgehead atoms. The minimum atomic E-state index is -0.447. The van der Waals surface area contributed by atoms with Gasteiger partial charge in [0.15, 0.2) is 0 Å². The van der Waals surface area contributed by atoms with Crippen LogP contribution >= 0.6 is 0 Å². The smallest absolute Gasteiger partial charge is 0.126 e. The molecule has 0 spiro atoms. The zero-order valence-electron chi connectivity index (χ0n) is 18.6. The molecule has 0 aromatic heterocycles. The highest BCUT2D eigenvalue weighted by Crippen LogP contribution is 2.36. The Kier molecular flexibility index (Phi) is 9.46. The van der Waals surface area contributed by atoms with E-state index in [4.69, 9.17) is 0 Å². The summed E-state index contributed by atoms with van der Waals surface area (Å²) < 4.78 is 26.6. The van der Waals surface area contributed by atoms with E-state index in [0.717, 1.165) is 48.1 Å². The summed E-state index contributed by atoms with van der Waals surface area (Å²) in [4.78, 5) is 0. The predicted molar refractivity (Wildman–Crippen MR) is 119 cm³/mol. The number of halogens is 2. The van der Waals surface area contributed by atoms with E-state index in [9.17, 15) is 8.78 Å². The molecule has 0 unspecified atom stereocenters. The maximum Gasteiger partial charge on any atom is 0.126 e. The second kappa shape index (κ2) is 12.1. The van der Waals surface area contributed by atoms with Crippen LogP contribution in [0.5, 0.6) is 0 Å². The van der Waals surface area contributed by atoms with Crippen molar-refractivity contribution in [3.05, 3.63) is 35.4 Å². The van der Waals surface area contributed by atoms with E-state index in [0.29, 0.717) is 0 Å². The van der Waals surface area contributed by atoms with Crippen LogP contribution in [0.4, 0.5) is 8.78 Å². The fraction of sp³-hybridized carbons (Fsp3) is 0.778. The largest absolute Gasteiger partial charge is 0.207 e. The number of hydrogen-bond acceptors (Lipinski definition) is 0. The molecule has 0 saturated heterocycles.